The van der Waals surface area contributed by atoms with Crippen molar-refractivity contribution in [1.29, 1.82) is 0 Å². The lowest BCUT2D eigenvalue weighted by molar-refractivity contribution is -0.143. The summed E-state index contributed by atoms with van der Waals surface area (Å²) in [6.45, 7) is 6.27. The summed E-state index contributed by atoms with van der Waals surface area (Å²) in [5.41, 5.74) is 0.987. The van der Waals surface area contributed by atoms with Crippen LogP contribution in [0.5, 0.6) is 0 Å². The predicted molar refractivity (Wildman–Crippen MR) is 101 cm³/mol. The van der Waals surface area contributed by atoms with Crippen LogP contribution in [0.15, 0.2) is 30.3 Å². The molecule has 4 rings (SSSR count). The highest BCUT2D eigenvalue weighted by atomic mass is 16.2. The highest BCUT2D eigenvalue weighted by Crippen LogP contribution is 2.29. The SMILES string of the molecule is CC(=O)N1CCC(C(=O)N2CCn3nc(-c4ccccc4)nc3[C@@H]2C)CC1. The van der Waals surface area contributed by atoms with Gasteiger partial charge in [-0.1, -0.05) is 30.3 Å². The molecule has 0 bridgehead atoms. The Morgan fingerprint density at radius 3 is 2.41 bits per heavy atom. The van der Waals surface area contributed by atoms with Crippen molar-refractivity contribution < 1.29 is 9.59 Å². The van der Waals surface area contributed by atoms with Gasteiger partial charge in [-0.3, -0.25) is 9.59 Å². The summed E-state index contributed by atoms with van der Waals surface area (Å²) in [6, 6.07) is 9.82. The van der Waals surface area contributed by atoms with Gasteiger partial charge in [0.2, 0.25) is 11.8 Å². The van der Waals surface area contributed by atoms with Gasteiger partial charge in [0.05, 0.1) is 12.6 Å². The molecule has 7 nitrogen and oxygen atoms in total. The van der Waals surface area contributed by atoms with Crippen molar-refractivity contribution in [3.8, 4) is 11.4 Å². The number of aromatic nitrogens is 3. The average molecular weight is 367 g/mol. The normalized spacial score (nSPS) is 20.4. The van der Waals surface area contributed by atoms with E-state index in [-0.39, 0.29) is 23.8 Å². The van der Waals surface area contributed by atoms with E-state index < -0.39 is 0 Å². The average Bonchev–Trinajstić information content (AvgIpc) is 3.14. The van der Waals surface area contributed by atoms with Crippen molar-refractivity contribution in [2.24, 2.45) is 5.92 Å². The lowest BCUT2D eigenvalue weighted by Gasteiger charge is -2.38. The van der Waals surface area contributed by atoms with Crippen molar-refractivity contribution >= 4 is 11.8 Å². The zero-order valence-corrected chi connectivity index (χ0v) is 15.8. The van der Waals surface area contributed by atoms with Gasteiger partial charge in [-0.05, 0) is 19.8 Å². The molecular formula is C20H25N5O2. The van der Waals surface area contributed by atoms with E-state index in [1.165, 1.54) is 0 Å². The molecule has 0 N–H and O–H groups in total. The minimum absolute atomic E-state index is 0.00823. The van der Waals surface area contributed by atoms with Crippen molar-refractivity contribution in [3.63, 3.8) is 0 Å². The Kier molecular flexibility index (Phi) is 4.68. The topological polar surface area (TPSA) is 71.3 Å². The second-order valence-corrected chi connectivity index (χ2v) is 7.37. The van der Waals surface area contributed by atoms with Gasteiger partial charge in [-0.25, -0.2) is 9.67 Å². The number of carbonyl (C=O) groups excluding carboxylic acids is 2. The highest BCUT2D eigenvalue weighted by molar-refractivity contribution is 5.80. The number of likely N-dealkylation sites (tertiary alicyclic amines) is 1. The first-order valence-electron chi connectivity index (χ1n) is 9.60. The van der Waals surface area contributed by atoms with Gasteiger partial charge in [-0.2, -0.15) is 5.10 Å². The summed E-state index contributed by atoms with van der Waals surface area (Å²) in [4.78, 5) is 33.1. The van der Waals surface area contributed by atoms with Gasteiger partial charge in [-0.15, -0.1) is 0 Å². The quantitative estimate of drug-likeness (QED) is 0.815. The molecule has 0 unspecified atom stereocenters. The third-order valence-electron chi connectivity index (χ3n) is 5.70. The molecule has 2 aliphatic rings. The van der Waals surface area contributed by atoms with Crippen LogP contribution in [-0.2, 0) is 16.1 Å². The minimum Gasteiger partial charge on any atom is -0.343 e. The van der Waals surface area contributed by atoms with E-state index in [0.717, 1.165) is 24.2 Å². The molecule has 3 heterocycles. The van der Waals surface area contributed by atoms with E-state index in [1.54, 1.807) is 6.92 Å². The van der Waals surface area contributed by atoms with Gasteiger partial charge in [0, 0.05) is 38.0 Å². The van der Waals surface area contributed by atoms with Crippen LogP contribution in [0.1, 0.15) is 38.6 Å². The summed E-state index contributed by atoms with van der Waals surface area (Å²) in [6.07, 6.45) is 1.48. The standard InChI is InChI=1S/C20H25N5O2/c1-14-19-21-18(16-6-4-3-5-7-16)22-25(19)13-12-24(14)20(27)17-8-10-23(11-9-17)15(2)26/h3-7,14,17H,8-13H2,1-2H3/t14-/m0/s1. The molecule has 0 radical (unpaired) electrons. The van der Waals surface area contributed by atoms with Crippen molar-refractivity contribution in [1.82, 2.24) is 24.6 Å². The molecule has 0 saturated carbocycles. The second-order valence-electron chi connectivity index (χ2n) is 7.37. The van der Waals surface area contributed by atoms with Crippen LogP contribution < -0.4 is 0 Å². The number of hydrogen-bond donors (Lipinski definition) is 0. The smallest absolute Gasteiger partial charge is 0.226 e. The van der Waals surface area contributed by atoms with Crippen molar-refractivity contribution in [2.75, 3.05) is 19.6 Å². The number of piperidine rings is 1. The summed E-state index contributed by atoms with van der Waals surface area (Å²) < 4.78 is 1.93. The molecule has 1 atom stereocenters. The number of fused-ring (bicyclic) bond motifs is 1. The molecule has 2 aliphatic heterocycles. The van der Waals surface area contributed by atoms with Gasteiger partial charge in [0.25, 0.3) is 0 Å². The second kappa shape index (κ2) is 7.13. The van der Waals surface area contributed by atoms with Crippen LogP contribution in [0.25, 0.3) is 11.4 Å². The first-order chi connectivity index (χ1) is 13.0. The molecule has 0 aliphatic carbocycles. The lowest BCUT2D eigenvalue weighted by Crippen LogP contribution is -2.47. The third kappa shape index (κ3) is 3.34. The zero-order valence-electron chi connectivity index (χ0n) is 15.8. The predicted octanol–water partition coefficient (Wildman–Crippen LogP) is 2.11. The van der Waals surface area contributed by atoms with E-state index in [1.807, 2.05) is 51.7 Å². The van der Waals surface area contributed by atoms with Crippen LogP contribution in [0.4, 0.5) is 0 Å². The molecule has 2 amide bonds. The van der Waals surface area contributed by atoms with Gasteiger partial charge in [0.15, 0.2) is 5.82 Å². The van der Waals surface area contributed by atoms with Gasteiger partial charge < -0.3 is 9.80 Å². The van der Waals surface area contributed by atoms with Gasteiger partial charge in [0.1, 0.15) is 5.82 Å². The molecular weight excluding hydrogens is 342 g/mol. The molecule has 142 valence electrons. The summed E-state index contributed by atoms with van der Waals surface area (Å²) in [7, 11) is 0. The molecule has 1 aromatic heterocycles. The number of nitrogens with zero attached hydrogens (tertiary/aromatic N) is 5. The molecule has 1 fully saturated rings. The summed E-state index contributed by atoms with van der Waals surface area (Å²) in [5, 5.41) is 4.63. The van der Waals surface area contributed by atoms with Crippen LogP contribution in [-0.4, -0.2) is 56.0 Å². The Labute approximate surface area is 159 Å². The summed E-state index contributed by atoms with van der Waals surface area (Å²) >= 11 is 0. The van der Waals surface area contributed by atoms with E-state index in [4.69, 9.17) is 4.98 Å². The van der Waals surface area contributed by atoms with Crippen LogP contribution in [0, 0.1) is 5.92 Å². The van der Waals surface area contributed by atoms with E-state index in [9.17, 15) is 9.59 Å². The largest absolute Gasteiger partial charge is 0.343 e. The number of amides is 2. The van der Waals surface area contributed by atoms with Crippen LogP contribution >= 0.6 is 0 Å². The number of rotatable bonds is 2. The maximum atomic E-state index is 13.1. The number of benzene rings is 1. The van der Waals surface area contributed by atoms with Crippen molar-refractivity contribution in [3.05, 3.63) is 36.2 Å². The Hall–Kier alpha value is -2.70. The lowest BCUT2D eigenvalue weighted by atomic mass is 9.94. The van der Waals surface area contributed by atoms with E-state index in [2.05, 4.69) is 5.10 Å². The summed E-state index contributed by atoms with van der Waals surface area (Å²) in [5.74, 6) is 1.82. The fourth-order valence-electron chi connectivity index (χ4n) is 4.05. The fourth-order valence-corrected chi connectivity index (χ4v) is 4.05. The molecule has 1 saturated heterocycles. The first-order valence-corrected chi connectivity index (χ1v) is 9.60. The van der Waals surface area contributed by atoms with Crippen molar-refractivity contribution in [2.45, 2.75) is 39.3 Å². The molecule has 2 aromatic rings. The Bertz CT molecular complexity index is 839. The maximum Gasteiger partial charge on any atom is 0.226 e. The van der Waals surface area contributed by atoms with Crippen LogP contribution in [0.2, 0.25) is 0 Å². The van der Waals surface area contributed by atoms with Crippen LogP contribution in [0.3, 0.4) is 0 Å². The first kappa shape index (κ1) is 17.7. The number of hydrogen-bond acceptors (Lipinski definition) is 4. The number of carbonyl (C=O) groups is 2. The van der Waals surface area contributed by atoms with E-state index >= 15 is 0 Å². The Morgan fingerprint density at radius 2 is 1.74 bits per heavy atom. The fraction of sp³-hybridized carbons (Fsp3) is 0.500. The molecule has 0 spiro atoms. The minimum atomic E-state index is -0.0953. The van der Waals surface area contributed by atoms with E-state index in [0.29, 0.717) is 32.0 Å². The monoisotopic (exact) mass is 367 g/mol. The third-order valence-corrected chi connectivity index (χ3v) is 5.70. The maximum absolute atomic E-state index is 13.1. The molecule has 27 heavy (non-hydrogen) atoms. The molecule has 1 aromatic carbocycles. The molecule has 7 heteroatoms. The Morgan fingerprint density at radius 1 is 1.04 bits per heavy atom. The van der Waals surface area contributed by atoms with Gasteiger partial charge >= 0.3 is 0 Å². The zero-order chi connectivity index (χ0) is 19.0. The highest BCUT2D eigenvalue weighted by Gasteiger charge is 2.35. The Balaban J connectivity index is 1.49.